The number of nitrogens with zero attached hydrogens (tertiary/aromatic N) is 1. The second-order valence-electron chi connectivity index (χ2n) is 11.5. The lowest BCUT2D eigenvalue weighted by Gasteiger charge is -2.40. The largest absolute Gasteiger partial charge is 0.391 e. The molecule has 0 aromatic heterocycles. The van der Waals surface area contributed by atoms with Gasteiger partial charge in [-0.05, 0) is 32.0 Å². The number of aryl methyl sites for hydroxylation is 1. The molecule has 1 fully saturated rings. The Labute approximate surface area is 219 Å². The van der Waals surface area contributed by atoms with Crippen molar-refractivity contribution in [3.05, 3.63) is 90.5 Å². The third-order valence-corrected chi connectivity index (χ3v) is 17.8. The lowest BCUT2D eigenvalue weighted by Crippen LogP contribution is -2.56. The standard InChI is InChI=1S/C29H39NO3SSi2/c1-22-17-19-24(20-18-22)34(32,33)30-23(2)28(31)29(36(5,6)26-15-11-8-12-16-26)27(30)21-35(3,4)25-13-9-7-10-14-25/h7-20,23,27-29,31H,21H2,1-6H3/t23-,27+,28+,29+/m0/s1. The van der Waals surface area contributed by atoms with Crippen LogP contribution in [0.25, 0.3) is 0 Å². The molecule has 0 amide bonds. The van der Waals surface area contributed by atoms with Crippen LogP contribution < -0.4 is 10.4 Å². The summed E-state index contributed by atoms with van der Waals surface area (Å²) in [4.78, 5) is 0.302. The Morgan fingerprint density at radius 1 is 0.806 bits per heavy atom. The van der Waals surface area contributed by atoms with Crippen LogP contribution in [-0.2, 0) is 10.0 Å². The molecule has 0 aliphatic carbocycles. The molecule has 1 heterocycles. The van der Waals surface area contributed by atoms with E-state index in [2.05, 4.69) is 62.6 Å². The van der Waals surface area contributed by atoms with E-state index in [1.165, 1.54) is 10.4 Å². The fourth-order valence-corrected chi connectivity index (χ4v) is 15.0. The molecule has 192 valence electrons. The summed E-state index contributed by atoms with van der Waals surface area (Å²) in [6.45, 7) is 13.1. The van der Waals surface area contributed by atoms with Crippen LogP contribution in [0, 0.1) is 6.92 Å². The molecule has 1 aliphatic heterocycles. The van der Waals surface area contributed by atoms with E-state index in [9.17, 15) is 13.5 Å². The highest BCUT2D eigenvalue weighted by molar-refractivity contribution is 7.89. The molecule has 1 aliphatic rings. The molecule has 3 aromatic rings. The second kappa shape index (κ2) is 10.0. The van der Waals surface area contributed by atoms with Crippen molar-refractivity contribution in [2.24, 2.45) is 0 Å². The first-order valence-electron chi connectivity index (χ1n) is 12.8. The van der Waals surface area contributed by atoms with Gasteiger partial charge in [-0.25, -0.2) is 8.42 Å². The minimum Gasteiger partial charge on any atom is -0.391 e. The van der Waals surface area contributed by atoms with Crippen molar-refractivity contribution >= 4 is 36.5 Å². The number of aliphatic hydroxyl groups is 1. The van der Waals surface area contributed by atoms with Gasteiger partial charge in [0.1, 0.15) is 0 Å². The Morgan fingerprint density at radius 2 is 1.31 bits per heavy atom. The van der Waals surface area contributed by atoms with E-state index in [0.717, 1.165) is 11.6 Å². The van der Waals surface area contributed by atoms with Crippen molar-refractivity contribution in [3.63, 3.8) is 0 Å². The third-order valence-electron chi connectivity index (χ3n) is 8.23. The zero-order chi connectivity index (χ0) is 26.3. The predicted octanol–water partition coefficient (Wildman–Crippen LogP) is 4.72. The number of hydrogen-bond acceptors (Lipinski definition) is 3. The van der Waals surface area contributed by atoms with Gasteiger partial charge in [-0.2, -0.15) is 4.31 Å². The summed E-state index contributed by atoms with van der Waals surface area (Å²) in [6, 6.07) is 28.0. The molecule has 4 nitrogen and oxygen atoms in total. The van der Waals surface area contributed by atoms with Crippen LogP contribution in [0.1, 0.15) is 12.5 Å². The van der Waals surface area contributed by atoms with Crippen LogP contribution in [0.5, 0.6) is 0 Å². The molecule has 1 saturated heterocycles. The third kappa shape index (κ3) is 4.91. The van der Waals surface area contributed by atoms with Crippen LogP contribution in [0.15, 0.2) is 89.8 Å². The molecule has 3 aromatic carbocycles. The molecule has 36 heavy (non-hydrogen) atoms. The summed E-state index contributed by atoms with van der Waals surface area (Å²) < 4.78 is 30.1. The smallest absolute Gasteiger partial charge is 0.243 e. The molecular formula is C29H39NO3SSi2. The Kier molecular flexibility index (Phi) is 7.52. The van der Waals surface area contributed by atoms with Gasteiger partial charge >= 0.3 is 0 Å². The minimum absolute atomic E-state index is 0.120. The maximum Gasteiger partial charge on any atom is 0.243 e. The average molecular weight is 538 g/mol. The molecule has 0 unspecified atom stereocenters. The van der Waals surface area contributed by atoms with Gasteiger partial charge in [0.2, 0.25) is 10.0 Å². The molecule has 0 spiro atoms. The topological polar surface area (TPSA) is 57.6 Å². The highest BCUT2D eigenvalue weighted by atomic mass is 32.2. The van der Waals surface area contributed by atoms with Gasteiger partial charge in [0.15, 0.2) is 0 Å². The summed E-state index contributed by atoms with van der Waals surface area (Å²) in [5.74, 6) is 0. The van der Waals surface area contributed by atoms with Crippen molar-refractivity contribution in [1.82, 2.24) is 4.31 Å². The van der Waals surface area contributed by atoms with E-state index < -0.39 is 38.3 Å². The molecule has 0 radical (unpaired) electrons. The van der Waals surface area contributed by atoms with Crippen molar-refractivity contribution < 1.29 is 13.5 Å². The summed E-state index contributed by atoms with van der Waals surface area (Å²) in [5, 5.41) is 14.3. The van der Waals surface area contributed by atoms with Gasteiger partial charge in [0.05, 0.1) is 27.1 Å². The molecule has 4 rings (SSSR count). The van der Waals surface area contributed by atoms with Gasteiger partial charge in [-0.1, -0.05) is 115 Å². The molecule has 7 heteroatoms. The van der Waals surface area contributed by atoms with Crippen LogP contribution in [0.4, 0.5) is 0 Å². The Morgan fingerprint density at radius 3 is 1.83 bits per heavy atom. The average Bonchev–Trinajstić information content (AvgIpc) is 3.10. The van der Waals surface area contributed by atoms with Crippen LogP contribution in [0.3, 0.4) is 0 Å². The van der Waals surface area contributed by atoms with Gasteiger partial charge in [-0.15, -0.1) is 0 Å². The molecule has 0 bridgehead atoms. The minimum atomic E-state index is -3.80. The van der Waals surface area contributed by atoms with Crippen LogP contribution in [-0.4, -0.2) is 52.2 Å². The zero-order valence-corrected chi connectivity index (χ0v) is 25.0. The number of aliphatic hydroxyl groups excluding tert-OH is 1. The van der Waals surface area contributed by atoms with E-state index in [1.807, 2.05) is 50.2 Å². The van der Waals surface area contributed by atoms with Gasteiger partial charge in [0.25, 0.3) is 0 Å². The highest BCUT2D eigenvalue weighted by Crippen LogP contribution is 2.47. The normalized spacial score (nSPS) is 23.6. The lowest BCUT2D eigenvalue weighted by atomic mass is 10.1. The Bertz CT molecular complexity index is 1280. The quantitative estimate of drug-likeness (QED) is 0.444. The van der Waals surface area contributed by atoms with Gasteiger partial charge < -0.3 is 5.11 Å². The van der Waals surface area contributed by atoms with Crippen LogP contribution >= 0.6 is 0 Å². The summed E-state index contributed by atoms with van der Waals surface area (Å²) in [6.07, 6.45) is -0.724. The number of sulfonamides is 1. The van der Waals surface area contributed by atoms with Gasteiger partial charge in [-0.3, -0.25) is 0 Å². The van der Waals surface area contributed by atoms with E-state index in [-0.39, 0.29) is 11.6 Å². The Hall–Kier alpha value is -2.04. The van der Waals surface area contributed by atoms with E-state index in [0.29, 0.717) is 4.90 Å². The van der Waals surface area contributed by atoms with Crippen molar-refractivity contribution in [3.8, 4) is 0 Å². The van der Waals surface area contributed by atoms with Crippen molar-refractivity contribution in [1.29, 1.82) is 0 Å². The van der Waals surface area contributed by atoms with E-state index in [1.54, 1.807) is 16.4 Å². The molecular weight excluding hydrogens is 499 g/mol. The highest BCUT2D eigenvalue weighted by Gasteiger charge is 2.58. The maximum atomic E-state index is 14.2. The molecule has 1 N–H and O–H groups in total. The molecule has 0 saturated carbocycles. The predicted molar refractivity (Wildman–Crippen MR) is 155 cm³/mol. The number of hydrogen-bond donors (Lipinski definition) is 1. The number of rotatable bonds is 7. The first kappa shape index (κ1) is 27.0. The van der Waals surface area contributed by atoms with Crippen LogP contribution in [0.2, 0.25) is 37.8 Å². The SMILES string of the molecule is Cc1ccc(S(=O)(=O)N2[C@H](C[Si](C)(C)c3ccccc3)[C@@H]([Si](C)(C)c3ccccc3)[C@H](O)[C@@H]2C)cc1. The maximum absolute atomic E-state index is 14.2. The Balaban J connectivity index is 1.86. The summed E-state index contributed by atoms with van der Waals surface area (Å²) >= 11 is 0. The first-order chi connectivity index (χ1) is 16.9. The van der Waals surface area contributed by atoms with Gasteiger partial charge in [0, 0.05) is 17.6 Å². The van der Waals surface area contributed by atoms with E-state index in [4.69, 9.17) is 0 Å². The van der Waals surface area contributed by atoms with E-state index >= 15 is 0 Å². The second-order valence-corrected chi connectivity index (χ2v) is 22.8. The van der Waals surface area contributed by atoms with Crippen molar-refractivity contribution in [2.75, 3.05) is 0 Å². The summed E-state index contributed by atoms with van der Waals surface area (Å²) in [7, 11) is -8.13. The monoisotopic (exact) mass is 537 g/mol. The fourth-order valence-electron chi connectivity index (χ4n) is 6.08. The summed E-state index contributed by atoms with van der Waals surface area (Å²) in [5.41, 5.74) is 0.902. The number of benzene rings is 3. The molecule has 4 atom stereocenters. The zero-order valence-electron chi connectivity index (χ0n) is 22.2. The fraction of sp³-hybridized carbons (Fsp3) is 0.379. The first-order valence-corrected chi connectivity index (χ1v) is 20.5. The lowest BCUT2D eigenvalue weighted by molar-refractivity contribution is 0.149. The van der Waals surface area contributed by atoms with Crippen molar-refractivity contribution in [2.45, 2.75) is 74.7 Å².